The molecule has 1 saturated heterocycles. The van der Waals surface area contributed by atoms with Crippen molar-refractivity contribution in [3.05, 3.63) is 66.2 Å². The summed E-state index contributed by atoms with van der Waals surface area (Å²) < 4.78 is 0. The lowest BCUT2D eigenvalue weighted by Crippen LogP contribution is -2.51. The Kier molecular flexibility index (Phi) is 5.98. The number of hydrogen-bond acceptors (Lipinski definition) is 4. The first kappa shape index (κ1) is 19.2. The summed E-state index contributed by atoms with van der Waals surface area (Å²) in [7, 11) is 0. The monoisotopic (exact) mass is 400 g/mol. The van der Waals surface area contributed by atoms with E-state index in [4.69, 9.17) is 12.2 Å². The summed E-state index contributed by atoms with van der Waals surface area (Å²) in [6.07, 6.45) is 0. The second kappa shape index (κ2) is 8.41. The van der Waals surface area contributed by atoms with E-state index >= 15 is 0 Å². The molecule has 1 aliphatic rings. The molecule has 140 valence electrons. The number of nitrogens with one attached hydrogen (secondary N) is 3. The van der Waals surface area contributed by atoms with Gasteiger partial charge in [0.15, 0.2) is 5.11 Å². The van der Waals surface area contributed by atoms with Gasteiger partial charge in [-0.1, -0.05) is 48.5 Å². The molecule has 3 N–H and O–H groups in total. The average molecular weight is 401 g/mol. The number of nitrogens with zero attached hydrogens (tertiary/aromatic N) is 1. The predicted molar refractivity (Wildman–Crippen MR) is 110 cm³/mol. The number of thioether (sulfide) groups is 1. The standard InChI is InChI=1S/C19H20N4O2S2/c1-19(14-8-4-2-5-9-14)16(24)23(18(25)21-19)22-17(26)20-12-13-27-15-10-6-3-7-11-15/h2-11H,12-13H2,1H3,(H,21,25)(H2,20,22,26)/t19-/m1/s1. The molecule has 0 spiro atoms. The lowest BCUT2D eigenvalue weighted by Gasteiger charge is -2.22. The second-order valence-corrected chi connectivity index (χ2v) is 7.67. The molecule has 0 aromatic heterocycles. The first-order valence-electron chi connectivity index (χ1n) is 8.45. The molecule has 3 amide bonds. The maximum atomic E-state index is 12.8. The summed E-state index contributed by atoms with van der Waals surface area (Å²) in [6.45, 7) is 2.28. The van der Waals surface area contributed by atoms with Gasteiger partial charge in [-0.15, -0.1) is 11.8 Å². The normalized spacial score (nSPS) is 18.9. The topological polar surface area (TPSA) is 73.5 Å². The lowest BCUT2D eigenvalue weighted by atomic mass is 9.92. The molecule has 0 unspecified atom stereocenters. The number of benzene rings is 2. The highest BCUT2D eigenvalue weighted by Gasteiger charge is 2.49. The van der Waals surface area contributed by atoms with Crippen LogP contribution in [0.2, 0.25) is 0 Å². The van der Waals surface area contributed by atoms with Crippen LogP contribution in [0.1, 0.15) is 12.5 Å². The van der Waals surface area contributed by atoms with Crippen molar-refractivity contribution in [3.63, 3.8) is 0 Å². The fraction of sp³-hybridized carbons (Fsp3) is 0.211. The Bertz CT molecular complexity index is 832. The minimum atomic E-state index is -1.12. The number of carbonyl (C=O) groups is 2. The summed E-state index contributed by atoms with van der Waals surface area (Å²) >= 11 is 6.91. The van der Waals surface area contributed by atoms with Crippen LogP contribution in [-0.2, 0) is 10.3 Å². The van der Waals surface area contributed by atoms with Crippen LogP contribution in [0.5, 0.6) is 0 Å². The molecule has 27 heavy (non-hydrogen) atoms. The molecule has 1 heterocycles. The SMILES string of the molecule is C[C@]1(c2ccccc2)NC(=O)N(NC(=S)NCCSc2ccccc2)C1=O. The first-order valence-corrected chi connectivity index (χ1v) is 9.84. The molecular weight excluding hydrogens is 380 g/mol. The minimum absolute atomic E-state index is 0.226. The van der Waals surface area contributed by atoms with E-state index in [2.05, 4.69) is 16.1 Å². The molecule has 0 bridgehead atoms. The van der Waals surface area contributed by atoms with Crippen molar-refractivity contribution in [1.29, 1.82) is 0 Å². The Balaban J connectivity index is 1.52. The smallest absolute Gasteiger partial charge is 0.344 e. The van der Waals surface area contributed by atoms with E-state index < -0.39 is 17.5 Å². The Morgan fingerprint density at radius 3 is 2.41 bits per heavy atom. The van der Waals surface area contributed by atoms with Gasteiger partial charge in [0.2, 0.25) is 0 Å². The van der Waals surface area contributed by atoms with Gasteiger partial charge in [-0.25, -0.2) is 4.79 Å². The zero-order valence-electron chi connectivity index (χ0n) is 14.8. The zero-order chi connectivity index (χ0) is 19.3. The van der Waals surface area contributed by atoms with Crippen molar-refractivity contribution >= 4 is 41.0 Å². The number of amides is 3. The Hall–Kier alpha value is -2.58. The van der Waals surface area contributed by atoms with E-state index in [0.717, 1.165) is 10.8 Å². The third kappa shape index (κ3) is 4.40. The quantitative estimate of drug-likeness (QED) is 0.300. The number of carbonyl (C=O) groups excluding carboxylic acids is 2. The van der Waals surface area contributed by atoms with Crippen LogP contribution in [-0.4, -0.2) is 34.4 Å². The number of urea groups is 1. The van der Waals surface area contributed by atoms with E-state index in [9.17, 15) is 9.59 Å². The number of thiocarbonyl (C=S) groups is 1. The second-order valence-electron chi connectivity index (χ2n) is 6.09. The van der Waals surface area contributed by atoms with Crippen LogP contribution in [0.15, 0.2) is 65.6 Å². The molecule has 0 aliphatic carbocycles. The van der Waals surface area contributed by atoms with Gasteiger partial charge in [-0.05, 0) is 36.8 Å². The third-order valence-electron chi connectivity index (χ3n) is 4.15. The molecular formula is C19H20N4O2S2. The zero-order valence-corrected chi connectivity index (χ0v) is 16.4. The van der Waals surface area contributed by atoms with Crippen LogP contribution in [0.4, 0.5) is 4.79 Å². The Morgan fingerprint density at radius 1 is 1.11 bits per heavy atom. The number of hydrogen-bond donors (Lipinski definition) is 3. The van der Waals surface area contributed by atoms with Crippen LogP contribution in [0.25, 0.3) is 0 Å². The van der Waals surface area contributed by atoms with Gasteiger partial charge in [0.05, 0.1) is 0 Å². The highest BCUT2D eigenvalue weighted by Crippen LogP contribution is 2.27. The van der Waals surface area contributed by atoms with Crippen molar-refractivity contribution in [3.8, 4) is 0 Å². The van der Waals surface area contributed by atoms with E-state index in [0.29, 0.717) is 12.1 Å². The molecule has 6 nitrogen and oxygen atoms in total. The van der Waals surface area contributed by atoms with Gasteiger partial charge in [0, 0.05) is 17.2 Å². The maximum Gasteiger partial charge on any atom is 0.344 e. The highest BCUT2D eigenvalue weighted by atomic mass is 32.2. The molecule has 1 aliphatic heterocycles. The van der Waals surface area contributed by atoms with Gasteiger partial charge in [0.1, 0.15) is 5.54 Å². The number of hydrazine groups is 1. The minimum Gasteiger partial charge on any atom is -0.360 e. The molecule has 8 heteroatoms. The van der Waals surface area contributed by atoms with E-state index in [1.54, 1.807) is 30.8 Å². The maximum absolute atomic E-state index is 12.8. The average Bonchev–Trinajstić information content (AvgIpc) is 2.91. The summed E-state index contributed by atoms with van der Waals surface area (Å²) in [6, 6.07) is 18.6. The fourth-order valence-corrected chi connectivity index (χ4v) is 3.68. The highest BCUT2D eigenvalue weighted by molar-refractivity contribution is 7.99. The molecule has 2 aromatic rings. The van der Waals surface area contributed by atoms with E-state index in [-0.39, 0.29) is 5.11 Å². The molecule has 1 fully saturated rings. The van der Waals surface area contributed by atoms with Crippen LogP contribution in [0.3, 0.4) is 0 Å². The number of imide groups is 1. The summed E-state index contributed by atoms with van der Waals surface area (Å²) in [5.74, 6) is 0.398. The van der Waals surface area contributed by atoms with Crippen molar-refractivity contribution in [2.45, 2.75) is 17.4 Å². The van der Waals surface area contributed by atoms with Crippen LogP contribution < -0.4 is 16.1 Å². The summed E-state index contributed by atoms with van der Waals surface area (Å²) in [4.78, 5) is 26.2. The molecule has 1 atom stereocenters. The van der Waals surface area contributed by atoms with Gasteiger partial charge in [-0.3, -0.25) is 10.2 Å². The molecule has 0 radical (unpaired) electrons. The van der Waals surface area contributed by atoms with Gasteiger partial charge < -0.3 is 10.6 Å². The number of rotatable bonds is 6. The predicted octanol–water partition coefficient (Wildman–Crippen LogP) is 2.63. The van der Waals surface area contributed by atoms with Crippen molar-refractivity contribution < 1.29 is 9.59 Å². The molecule has 0 saturated carbocycles. The van der Waals surface area contributed by atoms with Gasteiger partial charge >= 0.3 is 6.03 Å². The first-order chi connectivity index (χ1) is 13.0. The Morgan fingerprint density at radius 2 is 1.74 bits per heavy atom. The van der Waals surface area contributed by atoms with E-state index in [1.165, 1.54) is 4.90 Å². The third-order valence-corrected chi connectivity index (χ3v) is 5.40. The van der Waals surface area contributed by atoms with Crippen molar-refractivity contribution in [1.82, 2.24) is 21.1 Å². The summed E-state index contributed by atoms with van der Waals surface area (Å²) in [5.41, 5.74) is 2.28. The summed E-state index contributed by atoms with van der Waals surface area (Å²) in [5, 5.41) is 6.89. The van der Waals surface area contributed by atoms with Crippen LogP contribution in [0, 0.1) is 0 Å². The lowest BCUT2D eigenvalue weighted by molar-refractivity contribution is -0.132. The largest absolute Gasteiger partial charge is 0.360 e. The van der Waals surface area contributed by atoms with Gasteiger partial charge in [-0.2, -0.15) is 5.01 Å². The van der Waals surface area contributed by atoms with Crippen LogP contribution >= 0.6 is 24.0 Å². The van der Waals surface area contributed by atoms with E-state index in [1.807, 2.05) is 48.5 Å². The van der Waals surface area contributed by atoms with Gasteiger partial charge in [0.25, 0.3) is 5.91 Å². The molecule has 3 rings (SSSR count). The Labute approximate surface area is 167 Å². The fourth-order valence-electron chi connectivity index (χ4n) is 2.70. The molecule has 2 aromatic carbocycles. The van der Waals surface area contributed by atoms with Crippen molar-refractivity contribution in [2.75, 3.05) is 12.3 Å². The van der Waals surface area contributed by atoms with Crippen molar-refractivity contribution in [2.24, 2.45) is 0 Å².